The van der Waals surface area contributed by atoms with Crippen LogP contribution in [0.2, 0.25) is 0 Å². The second kappa shape index (κ2) is 13.5. The number of pyridine rings is 2. The summed E-state index contributed by atoms with van der Waals surface area (Å²) in [5, 5.41) is 0. The van der Waals surface area contributed by atoms with Crippen molar-refractivity contribution in [2.24, 2.45) is 0 Å². The largest absolute Gasteiger partial charge is 0.305 e. The van der Waals surface area contributed by atoms with Crippen molar-refractivity contribution in [2.75, 3.05) is 0 Å². The van der Waals surface area contributed by atoms with Gasteiger partial charge < -0.3 is 9.97 Å². The first-order chi connectivity index (χ1) is 22.2. The molecule has 5 aromatic rings. The Kier molecular flexibility index (Phi) is 10.1. The molecular formula is C45H50IrN2-2. The van der Waals surface area contributed by atoms with Gasteiger partial charge in [-0.2, -0.15) is 0 Å². The zero-order chi connectivity index (χ0) is 33.6. The molecule has 48 heavy (non-hydrogen) atoms. The minimum atomic E-state index is 0. The van der Waals surface area contributed by atoms with E-state index in [9.17, 15) is 0 Å². The van der Waals surface area contributed by atoms with E-state index in [1.165, 1.54) is 64.6 Å². The third kappa shape index (κ3) is 7.15. The van der Waals surface area contributed by atoms with Gasteiger partial charge in [-0.1, -0.05) is 98.2 Å². The van der Waals surface area contributed by atoms with Crippen LogP contribution in [0.5, 0.6) is 0 Å². The molecule has 0 amide bonds. The Morgan fingerprint density at radius 1 is 0.562 bits per heavy atom. The van der Waals surface area contributed by atoms with Crippen molar-refractivity contribution in [1.29, 1.82) is 0 Å². The Labute approximate surface area is 303 Å². The molecule has 0 saturated heterocycles. The molecule has 0 fully saturated rings. The van der Waals surface area contributed by atoms with E-state index in [1.54, 1.807) is 6.20 Å². The summed E-state index contributed by atoms with van der Waals surface area (Å²) in [5.41, 5.74) is 14.7. The van der Waals surface area contributed by atoms with Crippen molar-refractivity contribution in [3.05, 3.63) is 131 Å². The van der Waals surface area contributed by atoms with Crippen LogP contribution in [-0.4, -0.2) is 9.97 Å². The summed E-state index contributed by atoms with van der Waals surface area (Å²) in [4.78, 5) is 9.18. The molecule has 0 bridgehead atoms. The Morgan fingerprint density at radius 3 is 1.79 bits per heavy atom. The van der Waals surface area contributed by atoms with E-state index < -0.39 is 0 Å². The van der Waals surface area contributed by atoms with Crippen LogP contribution in [-0.2, 0) is 41.8 Å². The smallest absolute Gasteiger partial charge is 0.0242 e. The molecule has 0 unspecified atom stereocenters. The molecule has 3 heteroatoms. The van der Waals surface area contributed by atoms with Crippen molar-refractivity contribution in [2.45, 2.75) is 110 Å². The van der Waals surface area contributed by atoms with Crippen molar-refractivity contribution in [1.82, 2.24) is 9.97 Å². The number of fused-ring (bicyclic) bond motifs is 2. The number of aryl methyl sites for hydroxylation is 1. The van der Waals surface area contributed by atoms with Gasteiger partial charge in [-0.05, 0) is 87.6 Å². The fourth-order valence-electron chi connectivity index (χ4n) is 7.49. The topological polar surface area (TPSA) is 25.8 Å². The summed E-state index contributed by atoms with van der Waals surface area (Å²) in [5.74, 6) is 0. The monoisotopic (exact) mass is 811 g/mol. The number of aromatic nitrogens is 2. The molecule has 2 heterocycles. The van der Waals surface area contributed by atoms with Crippen LogP contribution in [0.4, 0.5) is 0 Å². The van der Waals surface area contributed by atoms with Crippen LogP contribution in [0.15, 0.2) is 91.3 Å². The van der Waals surface area contributed by atoms with Crippen LogP contribution in [0.25, 0.3) is 33.6 Å². The van der Waals surface area contributed by atoms with Crippen LogP contribution < -0.4 is 0 Å². The number of hydrogen-bond donors (Lipinski definition) is 0. The molecule has 0 aliphatic heterocycles. The molecule has 0 spiro atoms. The van der Waals surface area contributed by atoms with Gasteiger partial charge in [-0.15, -0.1) is 70.8 Å². The van der Waals surface area contributed by atoms with Crippen molar-refractivity contribution < 1.29 is 20.1 Å². The molecular weight excluding hydrogens is 761 g/mol. The SMILES string of the molecule is Cc1cc(-c2[c-]cc3c(c2)C(C)(C)CCC3(C)C)ncc1-c1ccc2c(c1)C(C)(C)CCC2(C)C.[Ir].[c-]1ccccc1-c1ccccn1. The Hall–Kier alpha value is -3.39. The Morgan fingerprint density at radius 2 is 1.19 bits per heavy atom. The van der Waals surface area contributed by atoms with Crippen LogP contribution in [0.1, 0.15) is 109 Å². The second-order valence-corrected chi connectivity index (χ2v) is 16.3. The molecule has 0 atom stereocenters. The van der Waals surface area contributed by atoms with Gasteiger partial charge >= 0.3 is 0 Å². The van der Waals surface area contributed by atoms with Crippen LogP contribution in [0.3, 0.4) is 0 Å². The molecule has 1 radical (unpaired) electrons. The minimum absolute atomic E-state index is 0. The second-order valence-electron chi connectivity index (χ2n) is 16.3. The first kappa shape index (κ1) is 35.9. The molecule has 3 aromatic carbocycles. The summed E-state index contributed by atoms with van der Waals surface area (Å²) >= 11 is 0. The predicted octanol–water partition coefficient (Wildman–Crippen LogP) is 11.8. The molecule has 2 aliphatic carbocycles. The predicted molar refractivity (Wildman–Crippen MR) is 198 cm³/mol. The van der Waals surface area contributed by atoms with E-state index in [-0.39, 0.29) is 41.8 Å². The maximum absolute atomic E-state index is 4.96. The summed E-state index contributed by atoms with van der Waals surface area (Å²) in [7, 11) is 0. The van der Waals surface area contributed by atoms with Gasteiger partial charge in [0.25, 0.3) is 0 Å². The molecule has 0 saturated carbocycles. The van der Waals surface area contributed by atoms with Gasteiger partial charge in [0.1, 0.15) is 0 Å². The van der Waals surface area contributed by atoms with E-state index in [4.69, 9.17) is 4.98 Å². The average Bonchev–Trinajstić information content (AvgIpc) is 3.06. The Balaban J connectivity index is 0.000000291. The fraction of sp³-hybridized carbons (Fsp3) is 0.378. The molecule has 0 N–H and O–H groups in total. The van der Waals surface area contributed by atoms with Gasteiger partial charge in [0.2, 0.25) is 0 Å². The fourth-order valence-corrected chi connectivity index (χ4v) is 7.49. The van der Waals surface area contributed by atoms with Gasteiger partial charge in [0, 0.05) is 38.1 Å². The zero-order valence-corrected chi connectivity index (χ0v) is 32.6. The van der Waals surface area contributed by atoms with Gasteiger partial charge in [-0.25, -0.2) is 0 Å². The standard InChI is InChI=1S/C34H42N.C11H8N.Ir/c1-22-18-30(24-11-13-27-29(20-24)34(8,9)17-15-32(27,4)5)35-21-25(22)23-10-12-26-28(19-23)33(6,7)16-14-31(26,2)3;1-2-6-10(7-3-1)11-8-4-5-9-12-11;/h10,12-13,18-21H,14-17H2,1-9H3;1-6,8-9H;/q2*-1;. The number of benzene rings is 3. The Bertz CT molecular complexity index is 1850. The third-order valence-electron chi connectivity index (χ3n) is 11.0. The third-order valence-corrected chi connectivity index (χ3v) is 11.0. The van der Waals surface area contributed by atoms with Crippen LogP contribution in [0, 0.1) is 19.1 Å². The molecule has 7 rings (SSSR count). The number of hydrogen-bond acceptors (Lipinski definition) is 2. The molecule has 251 valence electrons. The number of nitrogens with zero attached hydrogens (tertiary/aromatic N) is 2. The van der Waals surface area contributed by atoms with E-state index in [0.29, 0.717) is 0 Å². The molecule has 2 nitrogen and oxygen atoms in total. The van der Waals surface area contributed by atoms with Gasteiger partial charge in [0.15, 0.2) is 0 Å². The first-order valence-corrected chi connectivity index (χ1v) is 17.3. The minimum Gasteiger partial charge on any atom is -0.305 e. The number of rotatable bonds is 3. The molecule has 2 aliphatic rings. The van der Waals surface area contributed by atoms with Gasteiger partial charge in [-0.3, -0.25) is 0 Å². The quantitative estimate of drug-likeness (QED) is 0.170. The van der Waals surface area contributed by atoms with Crippen molar-refractivity contribution in [3.8, 4) is 33.6 Å². The van der Waals surface area contributed by atoms with Crippen molar-refractivity contribution in [3.63, 3.8) is 0 Å². The first-order valence-electron chi connectivity index (χ1n) is 17.3. The van der Waals surface area contributed by atoms with E-state index in [2.05, 4.69) is 122 Å². The summed E-state index contributed by atoms with van der Waals surface area (Å²) in [6, 6.07) is 34.4. The van der Waals surface area contributed by atoms with E-state index in [1.807, 2.05) is 42.5 Å². The summed E-state index contributed by atoms with van der Waals surface area (Å²) in [6.07, 6.45) is 8.78. The van der Waals surface area contributed by atoms with Crippen molar-refractivity contribution >= 4 is 0 Å². The van der Waals surface area contributed by atoms with E-state index >= 15 is 0 Å². The van der Waals surface area contributed by atoms with Crippen LogP contribution >= 0.6 is 0 Å². The van der Waals surface area contributed by atoms with Gasteiger partial charge in [0.05, 0.1) is 0 Å². The van der Waals surface area contributed by atoms with E-state index in [0.717, 1.165) is 22.5 Å². The molecule has 2 aromatic heterocycles. The average molecular weight is 811 g/mol. The zero-order valence-electron chi connectivity index (χ0n) is 30.2. The summed E-state index contributed by atoms with van der Waals surface area (Å²) < 4.78 is 0. The summed E-state index contributed by atoms with van der Waals surface area (Å²) in [6.45, 7) is 21.3. The normalized spacial score (nSPS) is 17.9. The maximum Gasteiger partial charge on any atom is 0.0242 e. The maximum atomic E-state index is 4.96.